The third kappa shape index (κ3) is 2.94. The zero-order valence-electron chi connectivity index (χ0n) is 10.5. The van der Waals surface area contributed by atoms with Gasteiger partial charge in [-0.15, -0.1) is 0 Å². The number of aryl methyl sites for hydroxylation is 1. The van der Waals surface area contributed by atoms with Crippen molar-refractivity contribution >= 4 is 15.7 Å². The molecule has 0 aliphatic heterocycles. The molecule has 1 aromatic heterocycles. The van der Waals surface area contributed by atoms with E-state index in [9.17, 15) is 17.2 Å². The predicted octanol–water partition coefficient (Wildman–Crippen LogP) is 0.759. The summed E-state index contributed by atoms with van der Waals surface area (Å²) in [6.07, 6.45) is 1.62. The van der Waals surface area contributed by atoms with E-state index in [0.29, 0.717) is 5.69 Å². The number of nitrogens with one attached hydrogen (secondary N) is 1. The number of hydrogen-bond donors (Lipinski definition) is 2. The molecular formula is C11H12F2N4O2S. The van der Waals surface area contributed by atoms with E-state index < -0.39 is 26.6 Å². The van der Waals surface area contributed by atoms with Crippen LogP contribution in [0.2, 0.25) is 0 Å². The highest BCUT2D eigenvalue weighted by Crippen LogP contribution is 2.21. The number of nitrogens with zero attached hydrogens (tertiary/aromatic N) is 2. The van der Waals surface area contributed by atoms with Crippen molar-refractivity contribution in [2.75, 3.05) is 5.73 Å². The van der Waals surface area contributed by atoms with Crippen molar-refractivity contribution in [2.24, 2.45) is 7.05 Å². The maximum absolute atomic E-state index is 13.6. The van der Waals surface area contributed by atoms with Crippen molar-refractivity contribution in [3.8, 4) is 0 Å². The third-order valence-corrected chi connectivity index (χ3v) is 3.95. The minimum atomic E-state index is -4.33. The molecule has 0 fully saturated rings. The van der Waals surface area contributed by atoms with Gasteiger partial charge in [-0.2, -0.15) is 5.10 Å². The lowest BCUT2D eigenvalue weighted by Crippen LogP contribution is -2.25. The van der Waals surface area contributed by atoms with Gasteiger partial charge in [0.15, 0.2) is 4.90 Å². The first-order chi connectivity index (χ1) is 9.29. The third-order valence-electron chi connectivity index (χ3n) is 2.50. The largest absolute Gasteiger partial charge is 0.399 e. The highest BCUT2D eigenvalue weighted by molar-refractivity contribution is 7.89. The molecule has 2 rings (SSSR count). The topological polar surface area (TPSA) is 90.0 Å². The Hall–Kier alpha value is -2.00. The van der Waals surface area contributed by atoms with Crippen molar-refractivity contribution in [1.82, 2.24) is 14.5 Å². The maximum Gasteiger partial charge on any atom is 0.246 e. The molecule has 6 nitrogen and oxygen atoms in total. The van der Waals surface area contributed by atoms with Crippen LogP contribution in [0.15, 0.2) is 29.3 Å². The molecule has 3 N–H and O–H groups in total. The molecule has 1 heterocycles. The van der Waals surface area contributed by atoms with Gasteiger partial charge in [0, 0.05) is 18.9 Å². The molecule has 0 amide bonds. The van der Waals surface area contributed by atoms with Crippen LogP contribution < -0.4 is 10.5 Å². The molecule has 0 radical (unpaired) electrons. The van der Waals surface area contributed by atoms with E-state index in [4.69, 9.17) is 5.73 Å². The van der Waals surface area contributed by atoms with E-state index in [1.165, 1.54) is 4.68 Å². The molecule has 0 aliphatic carbocycles. The summed E-state index contributed by atoms with van der Waals surface area (Å²) in [5.74, 6) is -2.48. The normalized spacial score (nSPS) is 11.8. The van der Waals surface area contributed by atoms with Gasteiger partial charge in [-0.25, -0.2) is 21.9 Å². The molecule has 0 bridgehead atoms. The molecule has 0 atom stereocenters. The SMILES string of the molecule is Cn1ccc(CNS(=O)(=O)c2c(F)cc(N)cc2F)n1. The Morgan fingerprint density at radius 3 is 2.45 bits per heavy atom. The first kappa shape index (κ1) is 14.4. The number of halogens is 2. The van der Waals surface area contributed by atoms with E-state index >= 15 is 0 Å². The van der Waals surface area contributed by atoms with Crippen molar-refractivity contribution in [3.05, 3.63) is 41.7 Å². The monoisotopic (exact) mass is 302 g/mol. The van der Waals surface area contributed by atoms with Gasteiger partial charge in [-0.05, 0) is 18.2 Å². The lowest BCUT2D eigenvalue weighted by Gasteiger charge is -2.08. The Kier molecular flexibility index (Phi) is 3.73. The molecule has 20 heavy (non-hydrogen) atoms. The van der Waals surface area contributed by atoms with Gasteiger partial charge in [0.05, 0.1) is 12.2 Å². The first-order valence-corrected chi connectivity index (χ1v) is 7.00. The van der Waals surface area contributed by atoms with Gasteiger partial charge in [-0.1, -0.05) is 0 Å². The summed E-state index contributed by atoms with van der Waals surface area (Å²) in [4.78, 5) is -1.05. The number of aromatic nitrogens is 2. The summed E-state index contributed by atoms with van der Waals surface area (Å²) < 4.78 is 54.5. The van der Waals surface area contributed by atoms with Crippen LogP contribution in [0.25, 0.3) is 0 Å². The fraction of sp³-hybridized carbons (Fsp3) is 0.182. The van der Waals surface area contributed by atoms with Crippen LogP contribution in [0.1, 0.15) is 5.69 Å². The van der Waals surface area contributed by atoms with Gasteiger partial charge in [0.25, 0.3) is 0 Å². The Bertz CT molecular complexity index is 720. The van der Waals surface area contributed by atoms with Gasteiger partial charge >= 0.3 is 0 Å². The van der Waals surface area contributed by atoms with Crippen LogP contribution in [-0.2, 0) is 23.6 Å². The lowest BCUT2D eigenvalue weighted by atomic mass is 10.3. The predicted molar refractivity (Wildman–Crippen MR) is 68.0 cm³/mol. The molecule has 0 saturated heterocycles. The van der Waals surface area contributed by atoms with Gasteiger partial charge in [0.2, 0.25) is 10.0 Å². The number of nitrogen functional groups attached to an aromatic ring is 1. The minimum absolute atomic E-state index is 0.174. The second kappa shape index (κ2) is 5.17. The van der Waals surface area contributed by atoms with Gasteiger partial charge in [-0.3, -0.25) is 4.68 Å². The summed E-state index contributed by atoms with van der Waals surface area (Å²) in [6.45, 7) is -0.174. The van der Waals surface area contributed by atoms with E-state index in [1.54, 1.807) is 19.3 Å². The molecule has 9 heteroatoms. The molecule has 0 spiro atoms. The summed E-state index contributed by atoms with van der Waals surface area (Å²) in [5.41, 5.74) is 5.46. The number of nitrogens with two attached hydrogens (primary N) is 1. The highest BCUT2D eigenvalue weighted by atomic mass is 32.2. The van der Waals surface area contributed by atoms with Gasteiger partial charge in [0.1, 0.15) is 11.6 Å². The van der Waals surface area contributed by atoms with Crippen LogP contribution in [0, 0.1) is 11.6 Å². The first-order valence-electron chi connectivity index (χ1n) is 5.52. The number of rotatable bonds is 4. The van der Waals surface area contributed by atoms with Crippen molar-refractivity contribution in [1.29, 1.82) is 0 Å². The molecule has 1 aromatic carbocycles. The quantitative estimate of drug-likeness (QED) is 0.816. The summed E-state index contributed by atoms with van der Waals surface area (Å²) in [5, 5.41) is 3.95. The molecule has 108 valence electrons. The second-order valence-corrected chi connectivity index (χ2v) is 5.82. The van der Waals surface area contributed by atoms with Crippen LogP contribution in [-0.4, -0.2) is 18.2 Å². The second-order valence-electron chi connectivity index (χ2n) is 4.12. The average molecular weight is 302 g/mol. The number of sulfonamides is 1. The lowest BCUT2D eigenvalue weighted by molar-refractivity contribution is 0.514. The molecule has 0 saturated carbocycles. The van der Waals surface area contributed by atoms with E-state index in [-0.39, 0.29) is 12.2 Å². The zero-order valence-corrected chi connectivity index (χ0v) is 11.3. The molecule has 0 aliphatic rings. The summed E-state index contributed by atoms with van der Waals surface area (Å²) in [6, 6.07) is 3.08. The Balaban J connectivity index is 2.27. The Morgan fingerprint density at radius 2 is 1.95 bits per heavy atom. The number of hydrogen-bond acceptors (Lipinski definition) is 4. The minimum Gasteiger partial charge on any atom is -0.399 e. The van der Waals surface area contributed by atoms with E-state index in [0.717, 1.165) is 12.1 Å². The molecular weight excluding hydrogens is 290 g/mol. The Morgan fingerprint density at radius 1 is 1.35 bits per heavy atom. The number of benzene rings is 1. The van der Waals surface area contributed by atoms with Crippen molar-refractivity contribution < 1.29 is 17.2 Å². The van der Waals surface area contributed by atoms with Crippen molar-refractivity contribution in [3.63, 3.8) is 0 Å². The van der Waals surface area contributed by atoms with Gasteiger partial charge < -0.3 is 5.73 Å². The molecule has 0 unspecified atom stereocenters. The van der Waals surface area contributed by atoms with E-state index in [2.05, 4.69) is 9.82 Å². The fourth-order valence-corrected chi connectivity index (χ4v) is 2.75. The summed E-state index contributed by atoms with van der Waals surface area (Å²) in [7, 11) is -2.67. The smallest absolute Gasteiger partial charge is 0.246 e. The van der Waals surface area contributed by atoms with E-state index in [1.807, 2.05) is 0 Å². The van der Waals surface area contributed by atoms with Crippen LogP contribution in [0.5, 0.6) is 0 Å². The highest BCUT2D eigenvalue weighted by Gasteiger charge is 2.24. The average Bonchev–Trinajstić information content (AvgIpc) is 2.71. The van der Waals surface area contributed by atoms with Crippen LogP contribution in [0.4, 0.5) is 14.5 Å². The summed E-state index contributed by atoms with van der Waals surface area (Å²) >= 11 is 0. The number of anilines is 1. The zero-order chi connectivity index (χ0) is 14.9. The van der Waals surface area contributed by atoms with Crippen LogP contribution >= 0.6 is 0 Å². The standard InChI is InChI=1S/C11H12F2N4O2S/c1-17-3-2-8(16-17)6-15-20(18,19)11-9(12)4-7(14)5-10(11)13/h2-5,15H,6,14H2,1H3. The maximum atomic E-state index is 13.6. The Labute approximate surface area is 114 Å². The van der Waals surface area contributed by atoms with Crippen molar-refractivity contribution in [2.45, 2.75) is 11.4 Å². The fourth-order valence-electron chi connectivity index (χ4n) is 1.63. The van der Waals surface area contributed by atoms with Crippen LogP contribution in [0.3, 0.4) is 0 Å². The molecule has 2 aromatic rings.